The summed E-state index contributed by atoms with van der Waals surface area (Å²) in [5.41, 5.74) is 1.54. The first-order chi connectivity index (χ1) is 8.59. The van der Waals surface area contributed by atoms with Crippen molar-refractivity contribution in [1.29, 1.82) is 0 Å². The van der Waals surface area contributed by atoms with Gasteiger partial charge < -0.3 is 9.84 Å². The molecule has 0 aromatic carbocycles. The maximum Gasteiger partial charge on any atom is 0.0766 e. The van der Waals surface area contributed by atoms with Gasteiger partial charge in [-0.05, 0) is 42.1 Å². The highest BCUT2D eigenvalue weighted by Gasteiger charge is 2.32. The van der Waals surface area contributed by atoms with E-state index in [1.807, 2.05) is 4.68 Å². The Hall–Kier alpha value is -0.390. The molecule has 1 aliphatic rings. The van der Waals surface area contributed by atoms with Crippen molar-refractivity contribution in [3.63, 3.8) is 0 Å². The van der Waals surface area contributed by atoms with E-state index in [1.165, 1.54) is 0 Å². The first-order valence-electron chi connectivity index (χ1n) is 6.64. The highest BCUT2D eigenvalue weighted by molar-refractivity contribution is 9.10. The second-order valence-corrected chi connectivity index (χ2v) is 5.68. The fraction of sp³-hybridized carbons (Fsp3) is 0.769. The smallest absolute Gasteiger partial charge is 0.0766 e. The summed E-state index contributed by atoms with van der Waals surface area (Å²) < 4.78 is 8.38. The number of nitrogens with zero attached hydrogens (tertiary/aromatic N) is 2. The van der Waals surface area contributed by atoms with Crippen LogP contribution < -0.4 is 0 Å². The van der Waals surface area contributed by atoms with Crippen molar-refractivity contribution in [1.82, 2.24) is 9.78 Å². The summed E-state index contributed by atoms with van der Waals surface area (Å²) in [5, 5.41) is 15.2. The highest BCUT2D eigenvalue weighted by Crippen LogP contribution is 2.30. The lowest BCUT2D eigenvalue weighted by molar-refractivity contribution is -0.0636. The fourth-order valence-electron chi connectivity index (χ4n) is 2.43. The Labute approximate surface area is 116 Å². The molecule has 0 bridgehead atoms. The minimum Gasteiger partial charge on any atom is -0.389 e. The Balaban J connectivity index is 2.24. The number of rotatable bonds is 4. The fourth-order valence-corrected chi connectivity index (χ4v) is 3.13. The summed E-state index contributed by atoms with van der Waals surface area (Å²) in [5.74, 6) is 0. The molecule has 0 spiro atoms. The van der Waals surface area contributed by atoms with Gasteiger partial charge in [0.05, 0.1) is 21.5 Å². The van der Waals surface area contributed by atoms with E-state index < -0.39 is 5.60 Å². The molecule has 4 nitrogen and oxygen atoms in total. The standard InChI is InChI=1S/C13H21BrN2O2/c1-3-10-12(14)11(16(4-2)15-10)9-13(17)5-7-18-8-6-13/h17H,3-9H2,1-2H3. The van der Waals surface area contributed by atoms with Crippen molar-refractivity contribution in [3.05, 3.63) is 15.9 Å². The molecule has 0 atom stereocenters. The van der Waals surface area contributed by atoms with Crippen LogP contribution in [0.5, 0.6) is 0 Å². The molecule has 1 aromatic heterocycles. The third kappa shape index (κ3) is 2.78. The van der Waals surface area contributed by atoms with Crippen LogP contribution in [0.2, 0.25) is 0 Å². The van der Waals surface area contributed by atoms with Crippen molar-refractivity contribution in [3.8, 4) is 0 Å². The van der Waals surface area contributed by atoms with E-state index in [0.717, 1.165) is 28.8 Å². The summed E-state index contributed by atoms with van der Waals surface area (Å²) in [7, 11) is 0. The molecule has 0 radical (unpaired) electrons. The Morgan fingerprint density at radius 2 is 2.06 bits per heavy atom. The predicted molar refractivity (Wildman–Crippen MR) is 73.7 cm³/mol. The summed E-state index contributed by atoms with van der Waals surface area (Å²) in [6.45, 7) is 6.31. The van der Waals surface area contributed by atoms with Crippen LogP contribution in [-0.4, -0.2) is 33.7 Å². The molecule has 0 amide bonds. The normalized spacial score (nSPS) is 19.1. The molecule has 2 rings (SSSR count). The van der Waals surface area contributed by atoms with Gasteiger partial charge in [-0.1, -0.05) is 6.92 Å². The zero-order chi connectivity index (χ0) is 13.2. The van der Waals surface area contributed by atoms with Crippen LogP contribution in [0, 0.1) is 0 Å². The minimum atomic E-state index is -0.640. The Morgan fingerprint density at radius 3 is 2.61 bits per heavy atom. The van der Waals surface area contributed by atoms with Crippen LogP contribution in [0.25, 0.3) is 0 Å². The van der Waals surface area contributed by atoms with E-state index in [2.05, 4.69) is 34.9 Å². The van der Waals surface area contributed by atoms with Crippen molar-refractivity contribution >= 4 is 15.9 Å². The number of aryl methyl sites for hydroxylation is 2. The van der Waals surface area contributed by atoms with Crippen molar-refractivity contribution in [2.75, 3.05) is 13.2 Å². The van der Waals surface area contributed by atoms with E-state index in [1.54, 1.807) is 0 Å². The number of ether oxygens (including phenoxy) is 1. The molecule has 102 valence electrons. The number of aliphatic hydroxyl groups is 1. The van der Waals surface area contributed by atoms with Gasteiger partial charge in [-0.3, -0.25) is 4.68 Å². The first kappa shape index (κ1) is 14.0. The van der Waals surface area contributed by atoms with Crippen LogP contribution in [0.3, 0.4) is 0 Å². The minimum absolute atomic E-state index is 0.640. The topological polar surface area (TPSA) is 47.3 Å². The molecule has 2 heterocycles. The molecule has 5 heteroatoms. The van der Waals surface area contributed by atoms with E-state index in [4.69, 9.17) is 4.74 Å². The average molecular weight is 317 g/mol. The van der Waals surface area contributed by atoms with Crippen molar-refractivity contribution in [2.24, 2.45) is 0 Å². The zero-order valence-electron chi connectivity index (χ0n) is 11.1. The number of aromatic nitrogens is 2. The van der Waals surface area contributed by atoms with Crippen molar-refractivity contribution < 1.29 is 9.84 Å². The summed E-state index contributed by atoms with van der Waals surface area (Å²) in [6, 6.07) is 0. The average Bonchev–Trinajstić information content (AvgIpc) is 2.67. The summed E-state index contributed by atoms with van der Waals surface area (Å²) in [4.78, 5) is 0. The van der Waals surface area contributed by atoms with Gasteiger partial charge in [0.15, 0.2) is 0 Å². The quantitative estimate of drug-likeness (QED) is 0.927. The van der Waals surface area contributed by atoms with E-state index in [-0.39, 0.29) is 0 Å². The number of hydrogen-bond donors (Lipinski definition) is 1. The number of halogens is 1. The molecule has 1 N–H and O–H groups in total. The molecule has 0 unspecified atom stereocenters. The monoisotopic (exact) mass is 316 g/mol. The molecule has 0 aliphatic carbocycles. The second-order valence-electron chi connectivity index (χ2n) is 4.89. The van der Waals surface area contributed by atoms with Crippen LogP contribution in [0.4, 0.5) is 0 Å². The third-order valence-electron chi connectivity index (χ3n) is 3.61. The zero-order valence-corrected chi connectivity index (χ0v) is 12.7. The van der Waals surface area contributed by atoms with Gasteiger partial charge in [0.1, 0.15) is 0 Å². The van der Waals surface area contributed by atoms with E-state index in [0.29, 0.717) is 32.5 Å². The van der Waals surface area contributed by atoms with Crippen LogP contribution in [0.1, 0.15) is 38.1 Å². The lowest BCUT2D eigenvalue weighted by Gasteiger charge is -2.32. The van der Waals surface area contributed by atoms with Gasteiger partial charge in [0.2, 0.25) is 0 Å². The maximum absolute atomic E-state index is 10.6. The lowest BCUT2D eigenvalue weighted by atomic mass is 9.89. The molecule has 0 saturated carbocycles. The third-order valence-corrected chi connectivity index (χ3v) is 4.53. The van der Waals surface area contributed by atoms with E-state index in [9.17, 15) is 5.11 Å². The first-order valence-corrected chi connectivity index (χ1v) is 7.43. The lowest BCUT2D eigenvalue weighted by Crippen LogP contribution is -2.38. The van der Waals surface area contributed by atoms with Gasteiger partial charge in [-0.2, -0.15) is 5.10 Å². The molecule has 1 fully saturated rings. The Morgan fingerprint density at radius 1 is 1.39 bits per heavy atom. The van der Waals surface area contributed by atoms with Gasteiger partial charge in [-0.25, -0.2) is 0 Å². The maximum atomic E-state index is 10.6. The Bertz CT molecular complexity index is 411. The van der Waals surface area contributed by atoms with Gasteiger partial charge in [0, 0.05) is 26.2 Å². The van der Waals surface area contributed by atoms with Crippen LogP contribution in [-0.2, 0) is 24.1 Å². The van der Waals surface area contributed by atoms with Crippen LogP contribution in [0.15, 0.2) is 4.47 Å². The van der Waals surface area contributed by atoms with Gasteiger partial charge in [0.25, 0.3) is 0 Å². The Kier molecular flexibility index (Phi) is 4.45. The van der Waals surface area contributed by atoms with Gasteiger partial charge >= 0.3 is 0 Å². The van der Waals surface area contributed by atoms with Crippen molar-refractivity contribution in [2.45, 2.75) is 51.7 Å². The molecular formula is C13H21BrN2O2. The summed E-state index contributed by atoms with van der Waals surface area (Å²) >= 11 is 3.63. The number of hydrogen-bond acceptors (Lipinski definition) is 3. The molecule has 1 aromatic rings. The highest BCUT2D eigenvalue weighted by atomic mass is 79.9. The van der Waals surface area contributed by atoms with E-state index >= 15 is 0 Å². The van der Waals surface area contributed by atoms with Gasteiger partial charge in [-0.15, -0.1) is 0 Å². The molecule has 1 saturated heterocycles. The second kappa shape index (κ2) is 5.72. The molecule has 1 aliphatic heterocycles. The summed E-state index contributed by atoms with van der Waals surface area (Å²) in [6.07, 6.45) is 2.96. The SMILES string of the molecule is CCc1nn(CC)c(CC2(O)CCOCC2)c1Br. The molecular weight excluding hydrogens is 296 g/mol. The predicted octanol–water partition coefficient (Wildman–Crippen LogP) is 2.31. The van der Waals surface area contributed by atoms with Crippen LogP contribution >= 0.6 is 15.9 Å². The molecule has 18 heavy (non-hydrogen) atoms. The largest absolute Gasteiger partial charge is 0.389 e.